The molecule has 0 spiro atoms. The van der Waals surface area contributed by atoms with E-state index in [1.807, 2.05) is 62.3 Å². The third-order valence-electron chi connectivity index (χ3n) is 16.1. The lowest BCUT2D eigenvalue weighted by atomic mass is 9.61. The van der Waals surface area contributed by atoms with Crippen LogP contribution >= 0.6 is 53.0 Å². The fourth-order valence-corrected chi connectivity index (χ4v) is 18.5. The highest BCUT2D eigenvalue weighted by Crippen LogP contribution is 2.51. The second kappa shape index (κ2) is 56.9. The van der Waals surface area contributed by atoms with Gasteiger partial charge in [0.1, 0.15) is 0 Å². The Bertz CT molecular complexity index is 1230. The van der Waals surface area contributed by atoms with E-state index in [2.05, 4.69) is 53.0 Å². The summed E-state index contributed by atoms with van der Waals surface area (Å²) >= 11 is 0. The smallest absolute Gasteiger partial charge is 0.282 e. The monoisotopic (exact) mass is 1230 g/mol. The molecule has 0 amide bonds. The first-order valence-electron chi connectivity index (χ1n) is 34.2. The van der Waals surface area contributed by atoms with Gasteiger partial charge in [-0.1, -0.05) is 210 Å². The van der Waals surface area contributed by atoms with Crippen LogP contribution in [0.15, 0.2) is 0 Å². The van der Waals surface area contributed by atoms with Crippen molar-refractivity contribution in [2.45, 2.75) is 331 Å². The van der Waals surface area contributed by atoms with E-state index in [1.165, 1.54) is 235 Å². The van der Waals surface area contributed by atoms with Crippen LogP contribution < -0.4 is 0 Å². The molecule has 0 bridgehead atoms. The second-order valence-corrected chi connectivity index (χ2v) is 29.6. The summed E-state index contributed by atoms with van der Waals surface area (Å²) in [5.41, 5.74) is 0.562. The number of unbranched alkanes of at least 4 members (excludes halogenated alkanes) is 26. The highest BCUT2D eigenvalue weighted by molar-refractivity contribution is 9.09. The topological polar surface area (TPSA) is 83.1 Å². The van der Waals surface area contributed by atoms with Gasteiger partial charge < -0.3 is 42.6 Å². The van der Waals surface area contributed by atoms with Crippen molar-refractivity contribution < 1.29 is 42.6 Å². The van der Waals surface area contributed by atoms with Gasteiger partial charge in [-0.2, -0.15) is 0 Å². The summed E-state index contributed by atoms with van der Waals surface area (Å²) in [4.78, 5) is 0. The van der Waals surface area contributed by atoms with E-state index in [1.54, 1.807) is 0 Å². The van der Waals surface area contributed by atoms with Crippen molar-refractivity contribution in [3.05, 3.63) is 0 Å². The number of hydrogen-bond donors (Lipinski definition) is 0. The minimum absolute atomic E-state index is 0.562. The van der Waals surface area contributed by atoms with E-state index in [4.69, 9.17) is 42.6 Å². The van der Waals surface area contributed by atoms with Crippen LogP contribution in [0.1, 0.15) is 313 Å². The molecule has 0 aromatic heterocycles. The lowest BCUT2D eigenvalue weighted by molar-refractivity contribution is -0.380. The largest absolute Gasteiger partial charge is 0.328 e. The Morgan fingerprint density at radius 3 is 0.938 bits per heavy atom. The third kappa shape index (κ3) is 40.8. The first kappa shape index (κ1) is 79.4. The molecule has 0 saturated heterocycles. The zero-order valence-electron chi connectivity index (χ0n) is 54.1. The van der Waals surface area contributed by atoms with Crippen molar-refractivity contribution in [1.29, 1.82) is 0 Å². The lowest BCUT2D eigenvalue weighted by Crippen LogP contribution is -2.39. The van der Waals surface area contributed by atoms with Crippen molar-refractivity contribution >= 4 is 53.0 Å². The quantitative estimate of drug-likeness (QED) is 0.0329. The van der Waals surface area contributed by atoms with Crippen LogP contribution in [0.5, 0.6) is 0 Å². The zero-order chi connectivity index (χ0) is 58.2. The van der Waals surface area contributed by atoms with Crippen LogP contribution in [0, 0.1) is 11.3 Å². The predicted molar refractivity (Wildman–Crippen MR) is 356 cm³/mol. The molecule has 0 heterocycles. The van der Waals surface area contributed by atoms with Crippen LogP contribution in [0.2, 0.25) is 0 Å². The highest BCUT2D eigenvalue weighted by atomic mass is 33.5. The Balaban J connectivity index is 2.43. The van der Waals surface area contributed by atoms with Crippen molar-refractivity contribution in [2.24, 2.45) is 11.3 Å². The van der Waals surface area contributed by atoms with Crippen LogP contribution in [0.3, 0.4) is 0 Å². The number of ether oxygens (including phenoxy) is 9. The first-order chi connectivity index (χ1) is 39.3. The molecule has 2 atom stereocenters. The summed E-state index contributed by atoms with van der Waals surface area (Å²) in [5.74, 6) is 3.65. The standard InChI is InChI=1S/C66H132O9S5/c1-10-67-64(68-11-2,69-12-3)54-44-37-31-25-19-21-28-34-40-48-58-76-77-60-51-62-50-42-47-53-63(62,52-43-36-30-24-23-27-33-39-46-56-66(73-16-7,74-17-8)75-18-9)57-61-79-80-78-59-49-41-35-29-22-20-26-32-38-45-55-65(70-13-4,71-14-5)72-15-6/h62H,10-61H2,1-9H3. The average molecular weight is 1230 g/mol. The second-order valence-electron chi connectivity index (χ2n) is 22.4. The molecule has 1 rings (SSSR count). The average Bonchev–Trinajstić information content (AvgIpc) is 3.44. The Kier molecular flexibility index (Phi) is 56.4. The van der Waals surface area contributed by atoms with Gasteiger partial charge in [0.25, 0.3) is 17.9 Å². The van der Waals surface area contributed by atoms with Gasteiger partial charge in [-0.05, 0) is 148 Å². The lowest BCUT2D eigenvalue weighted by Gasteiger charge is -2.45. The van der Waals surface area contributed by atoms with Gasteiger partial charge in [0.2, 0.25) is 0 Å². The summed E-state index contributed by atoms with van der Waals surface area (Å²) in [7, 11) is 10.8. The van der Waals surface area contributed by atoms with Gasteiger partial charge >= 0.3 is 0 Å². The summed E-state index contributed by atoms with van der Waals surface area (Å²) in [5, 5.41) is 0. The maximum absolute atomic E-state index is 5.95. The third-order valence-corrected chi connectivity index (χ3v) is 23.0. The molecule has 1 aliphatic carbocycles. The summed E-state index contributed by atoms with van der Waals surface area (Å²) < 4.78 is 53.3. The fourth-order valence-electron chi connectivity index (χ4n) is 12.2. The van der Waals surface area contributed by atoms with Crippen molar-refractivity contribution in [3.63, 3.8) is 0 Å². The minimum Gasteiger partial charge on any atom is -0.328 e. The molecule has 80 heavy (non-hydrogen) atoms. The molecule has 1 aliphatic rings. The molecule has 9 nitrogen and oxygen atoms in total. The predicted octanol–water partition coefficient (Wildman–Crippen LogP) is 22.5. The highest BCUT2D eigenvalue weighted by Gasteiger charge is 2.39. The van der Waals surface area contributed by atoms with Crippen LogP contribution in [0.25, 0.3) is 0 Å². The molecule has 0 aromatic carbocycles. The van der Waals surface area contributed by atoms with Gasteiger partial charge in [0.15, 0.2) is 0 Å². The molecular formula is C66H132O9S5. The van der Waals surface area contributed by atoms with E-state index in [9.17, 15) is 0 Å². The van der Waals surface area contributed by atoms with Crippen LogP contribution in [-0.2, 0) is 42.6 Å². The molecule has 0 aliphatic heterocycles. The van der Waals surface area contributed by atoms with E-state index in [-0.39, 0.29) is 0 Å². The fraction of sp³-hybridized carbons (Fsp3) is 1.00. The summed E-state index contributed by atoms with van der Waals surface area (Å²) in [6.07, 6.45) is 51.1. The van der Waals surface area contributed by atoms with Gasteiger partial charge in [-0.25, -0.2) is 0 Å². The van der Waals surface area contributed by atoms with Gasteiger partial charge in [0.05, 0.1) is 0 Å². The molecule has 14 heteroatoms. The molecule has 0 aromatic rings. The molecular weight excluding hydrogens is 1100 g/mol. The summed E-state index contributed by atoms with van der Waals surface area (Å²) in [6, 6.07) is 0. The van der Waals surface area contributed by atoms with Crippen LogP contribution in [0.4, 0.5) is 0 Å². The Labute approximate surface area is 516 Å². The summed E-state index contributed by atoms with van der Waals surface area (Å²) in [6.45, 7) is 23.7. The molecule has 2 unspecified atom stereocenters. The van der Waals surface area contributed by atoms with E-state index in [0.717, 1.165) is 44.4 Å². The zero-order valence-corrected chi connectivity index (χ0v) is 58.1. The Hall–Kier alpha value is 1.39. The van der Waals surface area contributed by atoms with Crippen molar-refractivity contribution in [2.75, 3.05) is 82.5 Å². The number of hydrogen-bond acceptors (Lipinski definition) is 14. The normalized spacial score (nSPS) is 16.4. The van der Waals surface area contributed by atoms with Crippen molar-refractivity contribution in [1.82, 2.24) is 0 Å². The van der Waals surface area contributed by atoms with Gasteiger partial charge in [0, 0.05) is 102 Å². The van der Waals surface area contributed by atoms with E-state index in [0.29, 0.717) is 64.9 Å². The maximum atomic E-state index is 5.95. The van der Waals surface area contributed by atoms with Gasteiger partial charge in [-0.15, -0.1) is 0 Å². The van der Waals surface area contributed by atoms with Gasteiger partial charge in [-0.3, -0.25) is 0 Å². The van der Waals surface area contributed by atoms with E-state index >= 15 is 0 Å². The molecule has 480 valence electrons. The molecule has 1 fully saturated rings. The minimum atomic E-state index is -0.851. The number of rotatable bonds is 65. The first-order valence-corrected chi connectivity index (χ1v) is 40.5. The SMILES string of the molecule is CCOC(CCCCCCCCCCCCSSCCC1CCCCC1(CCCCCCCCCCCC(OCC)(OCC)OCC)CCSSSCCCCCCCCCCCCC(OCC)(OCC)OCC)(OCC)OCC. The Morgan fingerprint density at radius 1 is 0.300 bits per heavy atom. The van der Waals surface area contributed by atoms with Crippen LogP contribution in [-0.4, -0.2) is 100 Å². The maximum Gasteiger partial charge on any atom is 0.282 e. The molecule has 1 saturated carbocycles. The van der Waals surface area contributed by atoms with E-state index < -0.39 is 17.9 Å². The molecule has 0 radical (unpaired) electrons. The van der Waals surface area contributed by atoms with Crippen molar-refractivity contribution in [3.8, 4) is 0 Å². The molecule has 0 N–H and O–H groups in total. The Morgan fingerprint density at radius 2 is 0.588 bits per heavy atom.